The highest BCUT2D eigenvalue weighted by molar-refractivity contribution is 5.94. The van der Waals surface area contributed by atoms with Crippen molar-refractivity contribution in [3.05, 3.63) is 101 Å². The summed E-state index contributed by atoms with van der Waals surface area (Å²) in [6.07, 6.45) is 6.75. The number of carbonyl (C=O) groups is 1. The Labute approximate surface area is 185 Å². The standard InChI is InChI=1S/C28H32N2O/c1-20(24-8-4-3-5-9-24)26-16-13-23(19-26)18-22-11-14-25(15-12-22)28(31)30-21(2)27-10-6-7-17-29-27/h3-12,14-15,17,20-21,23,26H,13,16,18-19H2,1-2H3,(H,30,31)/t20-,21?,23?,26+/m1/s1. The monoisotopic (exact) mass is 412 g/mol. The van der Waals surface area contributed by atoms with E-state index in [1.807, 2.05) is 37.3 Å². The molecule has 1 amide bonds. The van der Waals surface area contributed by atoms with Crippen molar-refractivity contribution in [1.82, 2.24) is 10.3 Å². The lowest BCUT2D eigenvalue weighted by Gasteiger charge is -2.20. The molecule has 2 unspecified atom stereocenters. The van der Waals surface area contributed by atoms with Gasteiger partial charge in [-0.25, -0.2) is 0 Å². The molecule has 1 aliphatic rings. The molecule has 4 rings (SSSR count). The van der Waals surface area contributed by atoms with Crippen molar-refractivity contribution in [2.45, 2.75) is 51.5 Å². The Bertz CT molecular complexity index is 969. The zero-order valence-corrected chi connectivity index (χ0v) is 18.5. The first-order chi connectivity index (χ1) is 15.1. The van der Waals surface area contributed by atoms with E-state index in [-0.39, 0.29) is 11.9 Å². The van der Waals surface area contributed by atoms with Gasteiger partial charge in [0.1, 0.15) is 0 Å². The third-order valence-corrected chi connectivity index (χ3v) is 6.83. The predicted molar refractivity (Wildman–Crippen MR) is 126 cm³/mol. The van der Waals surface area contributed by atoms with Gasteiger partial charge in [-0.05, 0) is 85.8 Å². The normalized spacial score (nSPS) is 20.2. The van der Waals surface area contributed by atoms with Crippen LogP contribution in [0.4, 0.5) is 0 Å². The van der Waals surface area contributed by atoms with Crippen LogP contribution < -0.4 is 5.32 Å². The van der Waals surface area contributed by atoms with E-state index >= 15 is 0 Å². The highest BCUT2D eigenvalue weighted by Crippen LogP contribution is 2.41. The van der Waals surface area contributed by atoms with Crippen molar-refractivity contribution in [2.24, 2.45) is 11.8 Å². The summed E-state index contributed by atoms with van der Waals surface area (Å²) in [5.41, 5.74) is 4.36. The fourth-order valence-corrected chi connectivity index (χ4v) is 4.89. The van der Waals surface area contributed by atoms with E-state index in [4.69, 9.17) is 0 Å². The summed E-state index contributed by atoms with van der Waals surface area (Å²) < 4.78 is 0. The molecule has 3 nitrogen and oxygen atoms in total. The molecule has 0 radical (unpaired) electrons. The molecule has 2 aromatic carbocycles. The van der Waals surface area contributed by atoms with E-state index in [2.05, 4.69) is 59.7 Å². The molecule has 1 N–H and O–H groups in total. The average molecular weight is 413 g/mol. The molecule has 3 aromatic rings. The van der Waals surface area contributed by atoms with E-state index in [1.54, 1.807) is 6.20 Å². The van der Waals surface area contributed by atoms with Crippen LogP contribution in [0.1, 0.15) is 72.2 Å². The first-order valence-corrected chi connectivity index (χ1v) is 11.5. The van der Waals surface area contributed by atoms with Gasteiger partial charge in [0.15, 0.2) is 0 Å². The largest absolute Gasteiger partial charge is 0.344 e. The Hall–Kier alpha value is -2.94. The Morgan fingerprint density at radius 1 is 0.968 bits per heavy atom. The predicted octanol–water partition coefficient (Wildman–Crippen LogP) is 6.34. The Morgan fingerprint density at radius 3 is 2.42 bits per heavy atom. The van der Waals surface area contributed by atoms with Crippen LogP contribution in [0.3, 0.4) is 0 Å². The minimum atomic E-state index is -0.115. The molecule has 4 atom stereocenters. The molecule has 1 fully saturated rings. The number of pyridine rings is 1. The van der Waals surface area contributed by atoms with Crippen LogP contribution in [-0.4, -0.2) is 10.9 Å². The summed E-state index contributed by atoms with van der Waals surface area (Å²) in [6.45, 7) is 4.34. The molecule has 0 bridgehead atoms. The van der Waals surface area contributed by atoms with E-state index < -0.39 is 0 Å². The van der Waals surface area contributed by atoms with E-state index in [0.717, 1.165) is 24.0 Å². The van der Waals surface area contributed by atoms with Gasteiger partial charge in [-0.2, -0.15) is 0 Å². The van der Waals surface area contributed by atoms with Gasteiger partial charge in [0, 0.05) is 11.8 Å². The molecule has 1 aromatic heterocycles. The zero-order valence-electron chi connectivity index (χ0n) is 18.5. The number of benzene rings is 2. The molecule has 1 heterocycles. The molecule has 3 heteroatoms. The Kier molecular flexibility index (Phi) is 6.81. The summed E-state index contributed by atoms with van der Waals surface area (Å²) in [5, 5.41) is 3.04. The van der Waals surface area contributed by atoms with Crippen LogP contribution >= 0.6 is 0 Å². The van der Waals surface area contributed by atoms with Gasteiger partial charge in [-0.1, -0.05) is 55.5 Å². The lowest BCUT2D eigenvalue weighted by atomic mass is 9.85. The third-order valence-electron chi connectivity index (χ3n) is 6.83. The number of nitrogens with zero attached hydrogens (tertiary/aromatic N) is 1. The lowest BCUT2D eigenvalue weighted by molar-refractivity contribution is 0.0939. The number of aromatic nitrogens is 1. The lowest BCUT2D eigenvalue weighted by Crippen LogP contribution is -2.27. The quantitative estimate of drug-likeness (QED) is 0.492. The maximum Gasteiger partial charge on any atom is 0.251 e. The van der Waals surface area contributed by atoms with Gasteiger partial charge in [-0.15, -0.1) is 0 Å². The fourth-order valence-electron chi connectivity index (χ4n) is 4.89. The van der Waals surface area contributed by atoms with Gasteiger partial charge in [0.2, 0.25) is 0 Å². The van der Waals surface area contributed by atoms with Gasteiger partial charge < -0.3 is 5.32 Å². The van der Waals surface area contributed by atoms with Crippen LogP contribution in [0.15, 0.2) is 79.0 Å². The van der Waals surface area contributed by atoms with Crippen LogP contribution in [0.25, 0.3) is 0 Å². The highest BCUT2D eigenvalue weighted by atomic mass is 16.1. The Balaban J connectivity index is 1.30. The number of nitrogens with one attached hydrogen (secondary N) is 1. The van der Waals surface area contributed by atoms with Gasteiger partial charge in [-0.3, -0.25) is 9.78 Å². The second-order valence-corrected chi connectivity index (χ2v) is 8.99. The topological polar surface area (TPSA) is 42.0 Å². The molecule has 1 aliphatic carbocycles. The molecular weight excluding hydrogens is 380 g/mol. The molecule has 0 spiro atoms. The van der Waals surface area contributed by atoms with Crippen molar-refractivity contribution in [1.29, 1.82) is 0 Å². The van der Waals surface area contributed by atoms with Gasteiger partial charge in [0.25, 0.3) is 5.91 Å². The maximum atomic E-state index is 12.6. The summed E-state index contributed by atoms with van der Waals surface area (Å²) >= 11 is 0. The van der Waals surface area contributed by atoms with E-state index in [9.17, 15) is 4.79 Å². The number of amides is 1. The molecular formula is C28H32N2O. The second kappa shape index (κ2) is 9.91. The minimum absolute atomic E-state index is 0.0534. The molecule has 0 aliphatic heterocycles. The summed E-state index contributed by atoms with van der Waals surface area (Å²) in [7, 11) is 0. The first-order valence-electron chi connectivity index (χ1n) is 11.5. The SMILES string of the molecule is CC(NC(=O)c1ccc(CC2CC[C@H]([C@H](C)c3ccccc3)C2)cc1)c1ccccn1. The number of hydrogen-bond acceptors (Lipinski definition) is 2. The van der Waals surface area contributed by atoms with E-state index in [0.29, 0.717) is 11.5 Å². The van der Waals surface area contributed by atoms with Crippen LogP contribution in [0, 0.1) is 11.8 Å². The molecule has 160 valence electrons. The zero-order chi connectivity index (χ0) is 21.6. The van der Waals surface area contributed by atoms with Crippen LogP contribution in [0.2, 0.25) is 0 Å². The van der Waals surface area contributed by atoms with Crippen molar-refractivity contribution in [3.8, 4) is 0 Å². The van der Waals surface area contributed by atoms with Crippen molar-refractivity contribution >= 4 is 5.91 Å². The number of hydrogen-bond donors (Lipinski definition) is 1. The Morgan fingerprint density at radius 2 is 1.71 bits per heavy atom. The highest BCUT2D eigenvalue weighted by Gasteiger charge is 2.29. The van der Waals surface area contributed by atoms with E-state index in [1.165, 1.54) is 30.4 Å². The summed E-state index contributed by atoms with van der Waals surface area (Å²) in [6, 6.07) is 24.7. The van der Waals surface area contributed by atoms with Crippen molar-refractivity contribution < 1.29 is 4.79 Å². The molecule has 31 heavy (non-hydrogen) atoms. The average Bonchev–Trinajstić information content (AvgIpc) is 3.28. The van der Waals surface area contributed by atoms with Crippen molar-refractivity contribution in [2.75, 3.05) is 0 Å². The van der Waals surface area contributed by atoms with Gasteiger partial charge in [0.05, 0.1) is 11.7 Å². The number of carbonyl (C=O) groups excluding carboxylic acids is 1. The number of rotatable bonds is 7. The molecule has 0 saturated heterocycles. The smallest absolute Gasteiger partial charge is 0.251 e. The van der Waals surface area contributed by atoms with Crippen LogP contribution in [-0.2, 0) is 6.42 Å². The second-order valence-electron chi connectivity index (χ2n) is 8.99. The summed E-state index contributed by atoms with van der Waals surface area (Å²) in [5.74, 6) is 2.08. The molecule has 1 saturated carbocycles. The minimum Gasteiger partial charge on any atom is -0.344 e. The maximum absolute atomic E-state index is 12.6. The fraction of sp³-hybridized carbons (Fsp3) is 0.357. The summed E-state index contributed by atoms with van der Waals surface area (Å²) in [4.78, 5) is 16.9. The van der Waals surface area contributed by atoms with Crippen LogP contribution in [0.5, 0.6) is 0 Å². The van der Waals surface area contributed by atoms with Crippen molar-refractivity contribution in [3.63, 3.8) is 0 Å². The third kappa shape index (κ3) is 5.41. The first kappa shape index (κ1) is 21.3. The van der Waals surface area contributed by atoms with Gasteiger partial charge >= 0.3 is 0 Å².